The van der Waals surface area contributed by atoms with Gasteiger partial charge in [-0.05, 0) is 54.9 Å². The van der Waals surface area contributed by atoms with Crippen LogP contribution in [0.4, 0.5) is 0 Å². The summed E-state index contributed by atoms with van der Waals surface area (Å²) in [7, 11) is 0. The van der Waals surface area contributed by atoms with E-state index in [2.05, 4.69) is 30.7 Å². The van der Waals surface area contributed by atoms with Gasteiger partial charge in [-0.25, -0.2) is 9.97 Å². The van der Waals surface area contributed by atoms with Crippen LogP contribution in [-0.2, 0) is 12.8 Å². The summed E-state index contributed by atoms with van der Waals surface area (Å²) < 4.78 is 1.63. The van der Waals surface area contributed by atoms with Crippen LogP contribution < -0.4 is 5.56 Å². The zero-order chi connectivity index (χ0) is 17.4. The van der Waals surface area contributed by atoms with Gasteiger partial charge in [0.2, 0.25) is 0 Å². The van der Waals surface area contributed by atoms with Crippen LogP contribution in [0.15, 0.2) is 47.5 Å². The lowest BCUT2D eigenvalue weighted by Gasteiger charge is -2.30. The van der Waals surface area contributed by atoms with Crippen molar-refractivity contribution in [2.45, 2.75) is 33.1 Å². The van der Waals surface area contributed by atoms with Crippen molar-refractivity contribution in [3.8, 4) is 11.8 Å². The molecule has 0 atom stereocenters. The molecule has 3 aromatic heterocycles. The highest BCUT2D eigenvalue weighted by Gasteiger charge is 2.28. The molecule has 124 valence electrons. The second-order valence-electron chi connectivity index (χ2n) is 7.29. The molecule has 0 fully saturated rings. The Morgan fingerprint density at radius 3 is 2.88 bits per heavy atom. The Bertz CT molecular complexity index is 1070. The van der Waals surface area contributed by atoms with E-state index in [4.69, 9.17) is 4.98 Å². The maximum absolute atomic E-state index is 12.8. The van der Waals surface area contributed by atoms with E-state index in [9.17, 15) is 4.79 Å². The lowest BCUT2D eigenvalue weighted by molar-refractivity contribution is 0.310. The third kappa shape index (κ3) is 3.06. The number of hydrogen-bond acceptors (Lipinski definition) is 3. The van der Waals surface area contributed by atoms with Crippen molar-refractivity contribution in [2.24, 2.45) is 5.41 Å². The number of nitrogens with zero attached hydrogens (tertiary/aromatic N) is 3. The SMILES string of the molecule is CC1(C)CCc2nc3cc(C#Cc4ccccn4)ccn3c(=O)c2C1. The lowest BCUT2D eigenvalue weighted by Crippen LogP contribution is -2.31. The highest BCUT2D eigenvalue weighted by molar-refractivity contribution is 5.50. The Hall–Kier alpha value is -2.93. The molecule has 0 N–H and O–H groups in total. The van der Waals surface area contributed by atoms with Gasteiger partial charge >= 0.3 is 0 Å². The maximum atomic E-state index is 12.8. The molecule has 0 saturated carbocycles. The lowest BCUT2D eigenvalue weighted by atomic mass is 9.76. The molecular formula is C21H19N3O. The molecular weight excluding hydrogens is 310 g/mol. The summed E-state index contributed by atoms with van der Waals surface area (Å²) in [6.45, 7) is 4.42. The summed E-state index contributed by atoms with van der Waals surface area (Å²) in [5.74, 6) is 6.13. The van der Waals surface area contributed by atoms with Crippen molar-refractivity contribution in [3.63, 3.8) is 0 Å². The number of aromatic nitrogens is 3. The molecule has 0 bridgehead atoms. The third-order valence-electron chi connectivity index (χ3n) is 4.70. The second-order valence-corrected chi connectivity index (χ2v) is 7.29. The van der Waals surface area contributed by atoms with Crippen molar-refractivity contribution in [2.75, 3.05) is 0 Å². The molecule has 4 nitrogen and oxygen atoms in total. The van der Waals surface area contributed by atoms with Gasteiger partial charge in [-0.15, -0.1) is 0 Å². The Kier molecular flexibility index (Phi) is 3.65. The van der Waals surface area contributed by atoms with Gasteiger partial charge in [0.05, 0.1) is 5.69 Å². The molecule has 4 heteroatoms. The van der Waals surface area contributed by atoms with Gasteiger partial charge in [-0.2, -0.15) is 0 Å². The van der Waals surface area contributed by atoms with Crippen LogP contribution in [0.2, 0.25) is 0 Å². The Morgan fingerprint density at radius 2 is 2.08 bits per heavy atom. The minimum atomic E-state index is 0.0528. The Labute approximate surface area is 146 Å². The summed E-state index contributed by atoms with van der Waals surface area (Å²) in [4.78, 5) is 21.8. The van der Waals surface area contributed by atoms with Crippen LogP contribution in [0.25, 0.3) is 5.65 Å². The van der Waals surface area contributed by atoms with Gasteiger partial charge in [0.15, 0.2) is 0 Å². The molecule has 1 aliphatic carbocycles. The van der Waals surface area contributed by atoms with Crippen LogP contribution in [0.1, 0.15) is 42.8 Å². The maximum Gasteiger partial charge on any atom is 0.261 e. The number of pyridine rings is 2. The molecule has 0 unspecified atom stereocenters. The van der Waals surface area contributed by atoms with Gasteiger partial charge in [0.1, 0.15) is 11.3 Å². The number of hydrogen-bond donors (Lipinski definition) is 0. The van der Waals surface area contributed by atoms with Crippen molar-refractivity contribution in [3.05, 3.63) is 75.6 Å². The van der Waals surface area contributed by atoms with Gasteiger partial charge in [-0.1, -0.05) is 25.8 Å². The van der Waals surface area contributed by atoms with Crippen LogP contribution in [0.5, 0.6) is 0 Å². The first-order valence-electron chi connectivity index (χ1n) is 8.49. The second kappa shape index (κ2) is 5.86. The van der Waals surface area contributed by atoms with Crippen molar-refractivity contribution in [1.82, 2.24) is 14.4 Å². The highest BCUT2D eigenvalue weighted by atomic mass is 16.1. The van der Waals surface area contributed by atoms with Gasteiger partial charge < -0.3 is 0 Å². The third-order valence-corrected chi connectivity index (χ3v) is 4.70. The Morgan fingerprint density at radius 1 is 1.20 bits per heavy atom. The normalized spacial score (nSPS) is 15.3. The first kappa shape index (κ1) is 15.6. The average molecular weight is 329 g/mol. The summed E-state index contributed by atoms with van der Waals surface area (Å²) in [5.41, 5.74) is 4.23. The van der Waals surface area contributed by atoms with Crippen LogP contribution >= 0.6 is 0 Å². The summed E-state index contributed by atoms with van der Waals surface area (Å²) in [5, 5.41) is 0. The van der Waals surface area contributed by atoms with E-state index in [1.54, 1.807) is 16.8 Å². The Balaban J connectivity index is 1.78. The van der Waals surface area contributed by atoms with E-state index < -0.39 is 0 Å². The van der Waals surface area contributed by atoms with Gasteiger partial charge in [0, 0.05) is 23.5 Å². The fraction of sp³-hybridized carbons (Fsp3) is 0.286. The zero-order valence-corrected chi connectivity index (χ0v) is 14.4. The minimum absolute atomic E-state index is 0.0528. The van der Waals surface area contributed by atoms with Crippen molar-refractivity contribution < 1.29 is 0 Å². The fourth-order valence-corrected chi connectivity index (χ4v) is 3.28. The molecule has 0 spiro atoms. The molecule has 1 aliphatic rings. The van der Waals surface area contributed by atoms with Gasteiger partial charge in [-0.3, -0.25) is 9.20 Å². The highest BCUT2D eigenvalue weighted by Crippen LogP contribution is 2.32. The van der Waals surface area contributed by atoms with E-state index in [0.717, 1.165) is 41.8 Å². The topological polar surface area (TPSA) is 47.3 Å². The molecule has 3 aromatic rings. The summed E-state index contributed by atoms with van der Waals surface area (Å²) in [6, 6.07) is 9.37. The van der Waals surface area contributed by atoms with E-state index >= 15 is 0 Å². The molecule has 4 rings (SSSR count). The van der Waals surface area contributed by atoms with E-state index in [0.29, 0.717) is 5.65 Å². The van der Waals surface area contributed by atoms with E-state index in [1.165, 1.54) is 0 Å². The molecule has 0 saturated heterocycles. The fourth-order valence-electron chi connectivity index (χ4n) is 3.28. The predicted molar refractivity (Wildman–Crippen MR) is 97.5 cm³/mol. The van der Waals surface area contributed by atoms with E-state index in [1.807, 2.05) is 30.3 Å². The van der Waals surface area contributed by atoms with Crippen molar-refractivity contribution in [1.29, 1.82) is 0 Å². The monoisotopic (exact) mass is 329 g/mol. The number of rotatable bonds is 0. The van der Waals surface area contributed by atoms with Gasteiger partial charge in [0.25, 0.3) is 5.56 Å². The average Bonchev–Trinajstić information content (AvgIpc) is 2.61. The minimum Gasteiger partial charge on any atom is -0.269 e. The largest absolute Gasteiger partial charge is 0.269 e. The zero-order valence-electron chi connectivity index (χ0n) is 14.4. The molecule has 3 heterocycles. The quantitative estimate of drug-likeness (QED) is 0.596. The van der Waals surface area contributed by atoms with Crippen molar-refractivity contribution >= 4 is 5.65 Å². The predicted octanol–water partition coefficient (Wildman–Crippen LogP) is 3.00. The van der Waals surface area contributed by atoms with E-state index in [-0.39, 0.29) is 11.0 Å². The number of aryl methyl sites for hydroxylation is 1. The number of fused-ring (bicyclic) bond motifs is 2. The summed E-state index contributed by atoms with van der Waals surface area (Å²) in [6.07, 6.45) is 6.20. The van der Waals surface area contributed by atoms with Crippen LogP contribution in [0, 0.1) is 17.3 Å². The standard InChI is InChI=1S/C21H19N3O/c1-21(2)10-8-18-17(14-21)20(25)24-12-9-15(13-19(24)23-18)6-7-16-5-3-4-11-22-16/h3-5,9,11-13H,8,10,14H2,1-2H3. The summed E-state index contributed by atoms with van der Waals surface area (Å²) >= 11 is 0. The van der Waals surface area contributed by atoms with Crippen LogP contribution in [-0.4, -0.2) is 14.4 Å². The van der Waals surface area contributed by atoms with Crippen LogP contribution in [0.3, 0.4) is 0 Å². The molecule has 0 radical (unpaired) electrons. The first-order valence-corrected chi connectivity index (χ1v) is 8.49. The smallest absolute Gasteiger partial charge is 0.261 e. The molecule has 25 heavy (non-hydrogen) atoms. The molecule has 0 aromatic carbocycles. The molecule has 0 amide bonds. The first-order chi connectivity index (χ1) is 12.0. The molecule has 0 aliphatic heterocycles.